The van der Waals surface area contributed by atoms with Gasteiger partial charge in [0.05, 0.1) is 28.7 Å². The lowest BCUT2D eigenvalue weighted by molar-refractivity contribution is 0.0985. The van der Waals surface area contributed by atoms with E-state index < -0.39 is 17.2 Å². The maximum atomic E-state index is 13.7. The number of nitrogens with two attached hydrogens (primary N) is 1. The molecule has 1 amide bonds. The van der Waals surface area contributed by atoms with Gasteiger partial charge < -0.3 is 5.73 Å². The molecule has 0 saturated heterocycles. The van der Waals surface area contributed by atoms with Gasteiger partial charge in [-0.15, -0.1) is 0 Å². The van der Waals surface area contributed by atoms with E-state index in [1.165, 1.54) is 15.5 Å². The molecular weight excluding hydrogens is 475 g/mol. The monoisotopic (exact) mass is 494 g/mol. The lowest BCUT2D eigenvalue weighted by atomic mass is 10.1. The molecule has 4 aromatic rings. The third-order valence-corrected chi connectivity index (χ3v) is 6.10. The third kappa shape index (κ3) is 4.76. The van der Waals surface area contributed by atoms with Crippen molar-refractivity contribution in [1.82, 2.24) is 9.55 Å². The highest BCUT2D eigenvalue weighted by molar-refractivity contribution is 6.44. The largest absolute Gasteiger partial charge is 0.383 e. The van der Waals surface area contributed by atoms with E-state index in [1.807, 2.05) is 60.7 Å². The minimum atomic E-state index is -0.783. The summed E-state index contributed by atoms with van der Waals surface area (Å²) in [6.45, 7) is 0.125. The number of nitrogen functional groups attached to an aromatic ring is 1. The first-order valence-electron chi connectivity index (χ1n) is 10.3. The van der Waals surface area contributed by atoms with Crippen molar-refractivity contribution >= 4 is 40.6 Å². The number of aromatic amines is 1. The van der Waals surface area contributed by atoms with Gasteiger partial charge in [0, 0.05) is 0 Å². The van der Waals surface area contributed by atoms with E-state index in [0.717, 1.165) is 11.1 Å². The Bertz CT molecular complexity index is 1450. The summed E-state index contributed by atoms with van der Waals surface area (Å²) in [4.78, 5) is 42.8. The van der Waals surface area contributed by atoms with Crippen molar-refractivity contribution in [2.45, 2.75) is 13.1 Å². The molecule has 0 unspecified atom stereocenters. The molecule has 0 fully saturated rings. The number of amides is 1. The number of hydrogen-bond donors (Lipinski definition) is 2. The number of hydrogen-bond acceptors (Lipinski definition) is 4. The molecule has 0 radical (unpaired) electrons. The first-order valence-corrected chi connectivity index (χ1v) is 11.1. The highest BCUT2D eigenvalue weighted by atomic mass is 35.5. The second-order valence-corrected chi connectivity index (χ2v) is 8.33. The van der Waals surface area contributed by atoms with E-state index in [9.17, 15) is 14.4 Å². The Labute approximate surface area is 205 Å². The van der Waals surface area contributed by atoms with Crippen LogP contribution in [0.5, 0.6) is 0 Å². The second-order valence-electron chi connectivity index (χ2n) is 7.54. The van der Waals surface area contributed by atoms with Crippen LogP contribution in [0.2, 0.25) is 10.0 Å². The van der Waals surface area contributed by atoms with E-state index in [1.54, 1.807) is 12.1 Å². The van der Waals surface area contributed by atoms with Crippen LogP contribution in [0.15, 0.2) is 88.5 Å². The van der Waals surface area contributed by atoms with E-state index in [0.29, 0.717) is 0 Å². The lowest BCUT2D eigenvalue weighted by Crippen LogP contribution is -2.41. The maximum absolute atomic E-state index is 13.7. The van der Waals surface area contributed by atoms with Crippen LogP contribution in [0.25, 0.3) is 0 Å². The zero-order chi connectivity index (χ0) is 24.2. The van der Waals surface area contributed by atoms with Crippen LogP contribution in [0.3, 0.4) is 0 Å². The number of nitrogens with zero attached hydrogens (tertiary/aromatic N) is 2. The van der Waals surface area contributed by atoms with E-state index >= 15 is 0 Å². The molecule has 172 valence electrons. The molecule has 7 nitrogen and oxygen atoms in total. The van der Waals surface area contributed by atoms with Crippen molar-refractivity contribution in [3.8, 4) is 0 Å². The predicted molar refractivity (Wildman–Crippen MR) is 135 cm³/mol. The number of carbonyl (C=O) groups excluding carboxylic acids is 1. The summed E-state index contributed by atoms with van der Waals surface area (Å²) in [5, 5.41) is 0.253. The Morgan fingerprint density at radius 2 is 1.50 bits per heavy atom. The Morgan fingerprint density at radius 1 is 0.882 bits per heavy atom. The average molecular weight is 495 g/mol. The summed E-state index contributed by atoms with van der Waals surface area (Å²) in [5.74, 6) is -0.724. The fraction of sp³-hybridized carbons (Fsp3) is 0.0800. The van der Waals surface area contributed by atoms with Crippen molar-refractivity contribution in [1.29, 1.82) is 0 Å². The van der Waals surface area contributed by atoms with Crippen LogP contribution in [-0.4, -0.2) is 15.5 Å². The molecular formula is C25H20Cl2N4O3. The van der Waals surface area contributed by atoms with Gasteiger partial charge >= 0.3 is 5.69 Å². The lowest BCUT2D eigenvalue weighted by Gasteiger charge is -2.25. The molecule has 0 aliphatic heterocycles. The van der Waals surface area contributed by atoms with Crippen molar-refractivity contribution in [3.63, 3.8) is 0 Å². The van der Waals surface area contributed by atoms with Crippen LogP contribution < -0.4 is 21.9 Å². The summed E-state index contributed by atoms with van der Waals surface area (Å²) in [7, 11) is 0. The van der Waals surface area contributed by atoms with E-state index in [4.69, 9.17) is 28.9 Å². The Hall–Kier alpha value is -3.81. The van der Waals surface area contributed by atoms with E-state index in [-0.39, 0.29) is 40.2 Å². The molecule has 4 rings (SSSR count). The van der Waals surface area contributed by atoms with Gasteiger partial charge in [-0.3, -0.25) is 24.0 Å². The minimum Gasteiger partial charge on any atom is -0.383 e. The fourth-order valence-corrected chi connectivity index (χ4v) is 3.98. The molecule has 1 aromatic heterocycles. The van der Waals surface area contributed by atoms with Gasteiger partial charge in [-0.2, -0.15) is 0 Å². The van der Waals surface area contributed by atoms with Crippen LogP contribution >= 0.6 is 23.2 Å². The number of halogens is 2. The predicted octanol–water partition coefficient (Wildman–Crippen LogP) is 4.32. The quantitative estimate of drug-likeness (QED) is 0.416. The number of rotatable bonds is 6. The van der Waals surface area contributed by atoms with Crippen molar-refractivity contribution in [3.05, 3.63) is 126 Å². The number of nitrogens with one attached hydrogen (secondary N) is 1. The second kappa shape index (κ2) is 9.99. The number of benzene rings is 3. The van der Waals surface area contributed by atoms with Gasteiger partial charge in [0.15, 0.2) is 5.69 Å². The standard InChI is InChI=1S/C25H20Cl2N4O3/c26-19-13-7-12-18(20(19)27)24(33)30(14-16-8-3-1-4-9-16)21-22(28)31(25(34)29-23(21)32)15-17-10-5-2-6-11-17/h1-13H,14-15,28H2,(H,29,32,34). The first kappa shape index (κ1) is 23.4. The van der Waals surface area contributed by atoms with Gasteiger partial charge in [0.2, 0.25) is 0 Å². The first-order chi connectivity index (χ1) is 16.4. The molecule has 3 aromatic carbocycles. The highest BCUT2D eigenvalue weighted by Gasteiger charge is 2.27. The van der Waals surface area contributed by atoms with Gasteiger partial charge in [-0.05, 0) is 23.3 Å². The van der Waals surface area contributed by atoms with Crippen molar-refractivity contribution in [2.75, 3.05) is 10.6 Å². The van der Waals surface area contributed by atoms with Gasteiger partial charge in [0.1, 0.15) is 5.82 Å². The Morgan fingerprint density at radius 3 is 2.15 bits per heavy atom. The molecule has 0 aliphatic carbocycles. The molecule has 0 atom stereocenters. The van der Waals surface area contributed by atoms with Crippen LogP contribution in [-0.2, 0) is 13.1 Å². The Kier molecular flexibility index (Phi) is 6.86. The van der Waals surface area contributed by atoms with Gasteiger partial charge in [-0.25, -0.2) is 4.79 Å². The zero-order valence-electron chi connectivity index (χ0n) is 17.9. The maximum Gasteiger partial charge on any atom is 0.330 e. The molecule has 3 N–H and O–H groups in total. The average Bonchev–Trinajstić information content (AvgIpc) is 2.83. The molecule has 1 heterocycles. The number of aromatic nitrogens is 2. The third-order valence-electron chi connectivity index (χ3n) is 5.28. The topological polar surface area (TPSA) is 101 Å². The Balaban J connectivity index is 1.88. The van der Waals surface area contributed by atoms with Gasteiger partial charge in [-0.1, -0.05) is 89.9 Å². The molecule has 34 heavy (non-hydrogen) atoms. The molecule has 0 bridgehead atoms. The summed E-state index contributed by atoms with van der Waals surface area (Å²) in [5.41, 5.74) is 6.39. The fourth-order valence-electron chi connectivity index (χ4n) is 3.59. The molecule has 9 heteroatoms. The minimum absolute atomic E-state index is 0.0132. The summed E-state index contributed by atoms with van der Waals surface area (Å²) >= 11 is 12.4. The molecule has 0 aliphatic rings. The van der Waals surface area contributed by atoms with Crippen molar-refractivity contribution < 1.29 is 4.79 Å². The number of carbonyl (C=O) groups is 1. The van der Waals surface area contributed by atoms with Gasteiger partial charge in [0.25, 0.3) is 11.5 Å². The van der Waals surface area contributed by atoms with Crippen LogP contribution in [0, 0.1) is 0 Å². The summed E-state index contributed by atoms with van der Waals surface area (Å²) < 4.78 is 1.22. The number of H-pyrrole nitrogens is 1. The van der Waals surface area contributed by atoms with E-state index in [2.05, 4.69) is 4.98 Å². The van der Waals surface area contributed by atoms with Crippen molar-refractivity contribution in [2.24, 2.45) is 0 Å². The molecule has 0 saturated carbocycles. The number of anilines is 2. The SMILES string of the molecule is Nc1c(N(Cc2ccccc2)C(=O)c2cccc(Cl)c2Cl)c(=O)[nH]c(=O)n1Cc1ccccc1. The normalized spacial score (nSPS) is 10.8. The summed E-state index contributed by atoms with van der Waals surface area (Å²) in [6.07, 6.45) is 0. The van der Waals surface area contributed by atoms with Crippen LogP contribution in [0.4, 0.5) is 11.5 Å². The highest BCUT2D eigenvalue weighted by Crippen LogP contribution is 2.29. The zero-order valence-corrected chi connectivity index (χ0v) is 19.4. The smallest absolute Gasteiger partial charge is 0.330 e. The summed E-state index contributed by atoms with van der Waals surface area (Å²) in [6, 6.07) is 22.9. The van der Waals surface area contributed by atoms with Crippen LogP contribution in [0.1, 0.15) is 21.5 Å². The molecule has 0 spiro atoms.